The Hall–Kier alpha value is -1.20. The van der Waals surface area contributed by atoms with Crippen molar-refractivity contribution < 1.29 is 9.90 Å². The lowest BCUT2D eigenvalue weighted by molar-refractivity contribution is 0.112. The Bertz CT molecular complexity index is 482. The smallest absolute Gasteiger partial charge is 0.156 e. The molecule has 0 spiro atoms. The fourth-order valence-corrected chi connectivity index (χ4v) is 3.06. The van der Waals surface area contributed by atoms with Crippen LogP contribution in [0.15, 0.2) is 0 Å². The largest absolute Gasteiger partial charge is 0.396 e. The Morgan fingerprint density at radius 1 is 1.35 bits per heavy atom. The molecule has 1 aromatic rings. The predicted octanol–water partition coefficient (Wildman–Crippen LogP) is 2.46. The summed E-state index contributed by atoms with van der Waals surface area (Å²) in [6.45, 7) is 2.65. The van der Waals surface area contributed by atoms with Gasteiger partial charge in [-0.3, -0.25) is 4.79 Å². The maximum atomic E-state index is 11.1. The van der Waals surface area contributed by atoms with Crippen LogP contribution in [0.2, 0.25) is 5.15 Å². The SMILES string of the molecule is Cc1nc(Cl)c(C=O)c(NCC2CCCCC2CO)n1. The van der Waals surface area contributed by atoms with Crippen LogP contribution >= 0.6 is 11.6 Å². The van der Waals surface area contributed by atoms with Gasteiger partial charge in [0.1, 0.15) is 16.8 Å². The van der Waals surface area contributed by atoms with E-state index in [2.05, 4.69) is 15.3 Å². The molecule has 5 nitrogen and oxygen atoms in total. The second-order valence-electron chi connectivity index (χ2n) is 5.31. The molecular weight excluding hydrogens is 278 g/mol. The van der Waals surface area contributed by atoms with Gasteiger partial charge in [-0.2, -0.15) is 0 Å². The first-order valence-electron chi connectivity index (χ1n) is 6.99. The number of aryl methyl sites for hydroxylation is 1. The number of aliphatic hydroxyl groups excluding tert-OH is 1. The number of aldehydes is 1. The van der Waals surface area contributed by atoms with Crippen molar-refractivity contribution >= 4 is 23.7 Å². The van der Waals surface area contributed by atoms with Crippen LogP contribution in [0.25, 0.3) is 0 Å². The first-order chi connectivity index (χ1) is 9.65. The van der Waals surface area contributed by atoms with Crippen LogP contribution in [0, 0.1) is 18.8 Å². The van der Waals surface area contributed by atoms with Gasteiger partial charge in [-0.15, -0.1) is 0 Å². The molecule has 0 amide bonds. The highest BCUT2D eigenvalue weighted by Crippen LogP contribution is 2.30. The molecule has 1 heterocycles. The first-order valence-corrected chi connectivity index (χ1v) is 7.37. The summed E-state index contributed by atoms with van der Waals surface area (Å²) in [5.74, 6) is 1.75. The number of hydrogen-bond donors (Lipinski definition) is 2. The van der Waals surface area contributed by atoms with Gasteiger partial charge in [0.2, 0.25) is 0 Å². The van der Waals surface area contributed by atoms with E-state index in [0.29, 0.717) is 41.9 Å². The van der Waals surface area contributed by atoms with Gasteiger partial charge in [0.25, 0.3) is 0 Å². The van der Waals surface area contributed by atoms with Crippen molar-refractivity contribution in [3.8, 4) is 0 Å². The highest BCUT2D eigenvalue weighted by Gasteiger charge is 2.24. The zero-order valence-corrected chi connectivity index (χ0v) is 12.4. The Morgan fingerprint density at radius 3 is 2.70 bits per heavy atom. The number of aromatic nitrogens is 2. The molecule has 0 saturated heterocycles. The normalized spacial score (nSPS) is 22.6. The molecule has 20 heavy (non-hydrogen) atoms. The number of rotatable bonds is 5. The number of carbonyl (C=O) groups is 1. The van der Waals surface area contributed by atoms with E-state index < -0.39 is 0 Å². The second-order valence-corrected chi connectivity index (χ2v) is 5.67. The van der Waals surface area contributed by atoms with E-state index in [1.54, 1.807) is 6.92 Å². The van der Waals surface area contributed by atoms with Crippen LogP contribution in [0.4, 0.5) is 5.82 Å². The summed E-state index contributed by atoms with van der Waals surface area (Å²) < 4.78 is 0. The van der Waals surface area contributed by atoms with Gasteiger partial charge < -0.3 is 10.4 Å². The third kappa shape index (κ3) is 3.46. The number of nitrogens with one attached hydrogen (secondary N) is 1. The van der Waals surface area contributed by atoms with Crippen molar-refractivity contribution in [3.63, 3.8) is 0 Å². The van der Waals surface area contributed by atoms with Gasteiger partial charge in [0.05, 0.1) is 5.56 Å². The molecule has 2 N–H and O–H groups in total. The summed E-state index contributed by atoms with van der Waals surface area (Å²) in [4.78, 5) is 19.3. The zero-order valence-electron chi connectivity index (χ0n) is 11.6. The van der Waals surface area contributed by atoms with Crippen LogP contribution in [0.1, 0.15) is 41.9 Å². The van der Waals surface area contributed by atoms with E-state index in [1.165, 1.54) is 12.8 Å². The van der Waals surface area contributed by atoms with E-state index in [1.807, 2.05) is 0 Å². The predicted molar refractivity (Wildman–Crippen MR) is 78.2 cm³/mol. The quantitative estimate of drug-likeness (QED) is 0.645. The fourth-order valence-electron chi connectivity index (χ4n) is 2.81. The number of hydrogen-bond acceptors (Lipinski definition) is 5. The van der Waals surface area contributed by atoms with Gasteiger partial charge in [0, 0.05) is 13.2 Å². The number of aliphatic hydroxyl groups is 1. The monoisotopic (exact) mass is 297 g/mol. The van der Waals surface area contributed by atoms with Crippen LogP contribution in [0.3, 0.4) is 0 Å². The molecule has 0 aliphatic heterocycles. The third-order valence-corrected chi connectivity index (χ3v) is 4.25. The van der Waals surface area contributed by atoms with Crippen molar-refractivity contribution in [1.29, 1.82) is 0 Å². The van der Waals surface area contributed by atoms with E-state index in [0.717, 1.165) is 12.8 Å². The van der Waals surface area contributed by atoms with Crippen molar-refractivity contribution in [1.82, 2.24) is 9.97 Å². The molecule has 0 bridgehead atoms. The maximum Gasteiger partial charge on any atom is 0.156 e. The molecule has 1 aromatic heterocycles. The van der Waals surface area contributed by atoms with Crippen LogP contribution in [-0.4, -0.2) is 34.5 Å². The van der Waals surface area contributed by atoms with Crippen LogP contribution < -0.4 is 5.32 Å². The highest BCUT2D eigenvalue weighted by atomic mass is 35.5. The zero-order chi connectivity index (χ0) is 14.5. The van der Waals surface area contributed by atoms with Crippen LogP contribution in [-0.2, 0) is 0 Å². The lowest BCUT2D eigenvalue weighted by Crippen LogP contribution is -2.29. The molecule has 0 radical (unpaired) electrons. The standard InChI is InChI=1S/C14H20ClN3O2/c1-9-17-13(15)12(8-20)14(18-9)16-6-10-4-2-3-5-11(10)7-19/h8,10-11,19H,2-7H2,1H3,(H,16,17,18). The number of carbonyl (C=O) groups excluding carboxylic acids is 1. The molecule has 1 aliphatic carbocycles. The molecule has 2 unspecified atom stereocenters. The molecule has 2 atom stereocenters. The minimum absolute atomic E-state index is 0.178. The molecule has 0 aromatic carbocycles. The summed E-state index contributed by atoms with van der Waals surface area (Å²) in [5, 5.41) is 12.8. The second kappa shape index (κ2) is 6.99. The van der Waals surface area contributed by atoms with Crippen LogP contribution in [0.5, 0.6) is 0 Å². The van der Waals surface area contributed by atoms with E-state index in [4.69, 9.17) is 11.6 Å². The van der Waals surface area contributed by atoms with E-state index in [9.17, 15) is 9.90 Å². The average molecular weight is 298 g/mol. The van der Waals surface area contributed by atoms with Crippen molar-refractivity contribution in [2.24, 2.45) is 11.8 Å². The molecule has 110 valence electrons. The topological polar surface area (TPSA) is 75.1 Å². The molecule has 1 aliphatic rings. The minimum atomic E-state index is 0.178. The van der Waals surface area contributed by atoms with Gasteiger partial charge >= 0.3 is 0 Å². The lowest BCUT2D eigenvalue weighted by Gasteiger charge is -2.30. The summed E-state index contributed by atoms with van der Waals surface area (Å²) in [6.07, 6.45) is 5.20. The summed E-state index contributed by atoms with van der Waals surface area (Å²) >= 11 is 5.95. The van der Waals surface area contributed by atoms with Gasteiger partial charge in [-0.05, 0) is 31.6 Å². The molecule has 6 heteroatoms. The Labute approximate surface area is 123 Å². The number of halogens is 1. The third-order valence-electron chi connectivity index (χ3n) is 3.96. The maximum absolute atomic E-state index is 11.1. The Kier molecular flexibility index (Phi) is 5.31. The average Bonchev–Trinajstić information content (AvgIpc) is 2.45. The van der Waals surface area contributed by atoms with Crippen molar-refractivity contribution in [2.75, 3.05) is 18.5 Å². The lowest BCUT2D eigenvalue weighted by atomic mass is 9.79. The Morgan fingerprint density at radius 2 is 2.05 bits per heavy atom. The van der Waals surface area contributed by atoms with Gasteiger partial charge in [-0.25, -0.2) is 9.97 Å². The molecule has 1 saturated carbocycles. The molecule has 2 rings (SSSR count). The highest BCUT2D eigenvalue weighted by molar-refractivity contribution is 6.32. The van der Waals surface area contributed by atoms with E-state index >= 15 is 0 Å². The summed E-state index contributed by atoms with van der Waals surface area (Å²) in [6, 6.07) is 0. The van der Waals surface area contributed by atoms with Gasteiger partial charge in [-0.1, -0.05) is 24.4 Å². The summed E-state index contributed by atoms with van der Waals surface area (Å²) in [7, 11) is 0. The fraction of sp³-hybridized carbons (Fsp3) is 0.643. The van der Waals surface area contributed by atoms with Crippen molar-refractivity contribution in [3.05, 3.63) is 16.5 Å². The van der Waals surface area contributed by atoms with Gasteiger partial charge in [0.15, 0.2) is 6.29 Å². The summed E-state index contributed by atoms with van der Waals surface area (Å²) in [5.41, 5.74) is 0.300. The number of nitrogens with zero attached hydrogens (tertiary/aromatic N) is 2. The molecule has 1 fully saturated rings. The van der Waals surface area contributed by atoms with Crippen molar-refractivity contribution in [2.45, 2.75) is 32.6 Å². The molecular formula is C14H20ClN3O2. The van der Waals surface area contributed by atoms with E-state index in [-0.39, 0.29) is 11.8 Å². The first kappa shape index (κ1) is 15.2. The Balaban J connectivity index is 2.08. The minimum Gasteiger partial charge on any atom is -0.396 e. The number of anilines is 1.